The summed E-state index contributed by atoms with van der Waals surface area (Å²) in [5.74, 6) is 1.35. The van der Waals surface area contributed by atoms with E-state index in [4.69, 9.17) is 10.5 Å². The predicted octanol–water partition coefficient (Wildman–Crippen LogP) is 3.68. The van der Waals surface area contributed by atoms with Crippen LogP contribution in [0.3, 0.4) is 0 Å². The maximum absolute atomic E-state index is 12.7. The minimum Gasteiger partial charge on any atom is -0.493 e. The highest BCUT2D eigenvalue weighted by molar-refractivity contribution is 5.77. The van der Waals surface area contributed by atoms with E-state index in [9.17, 15) is 13.2 Å². The fourth-order valence-electron chi connectivity index (χ4n) is 2.93. The number of rotatable bonds is 4. The minimum atomic E-state index is -4.36. The van der Waals surface area contributed by atoms with Crippen LogP contribution in [-0.4, -0.2) is 19.1 Å². The highest BCUT2D eigenvalue weighted by atomic mass is 19.4. The van der Waals surface area contributed by atoms with Gasteiger partial charge in [0.15, 0.2) is 5.96 Å². The van der Waals surface area contributed by atoms with Crippen LogP contribution < -0.4 is 15.8 Å². The number of hydrogen-bond acceptors (Lipinski definition) is 2. The van der Waals surface area contributed by atoms with Crippen molar-refractivity contribution in [3.63, 3.8) is 0 Å². The lowest BCUT2D eigenvalue weighted by molar-refractivity contribution is -0.137. The maximum Gasteiger partial charge on any atom is 0.416 e. The molecule has 1 unspecified atom stereocenters. The molecule has 0 spiro atoms. The Morgan fingerprint density at radius 1 is 1.19 bits per heavy atom. The molecule has 2 aromatic carbocycles. The number of fused-ring (bicyclic) bond motifs is 1. The van der Waals surface area contributed by atoms with Gasteiger partial charge in [0.1, 0.15) is 5.75 Å². The lowest BCUT2D eigenvalue weighted by atomic mass is 9.93. The van der Waals surface area contributed by atoms with Crippen LogP contribution in [0.15, 0.2) is 53.5 Å². The van der Waals surface area contributed by atoms with Crippen LogP contribution in [0.2, 0.25) is 0 Å². The normalized spacial score (nSPS) is 17.3. The van der Waals surface area contributed by atoms with E-state index in [2.05, 4.69) is 10.3 Å². The van der Waals surface area contributed by atoms with E-state index in [1.807, 2.05) is 24.3 Å². The quantitative estimate of drug-likeness (QED) is 0.644. The number of nitrogens with two attached hydrogens (primary N) is 1. The van der Waals surface area contributed by atoms with Crippen molar-refractivity contribution in [3.8, 4) is 5.75 Å². The summed E-state index contributed by atoms with van der Waals surface area (Å²) in [5.41, 5.74) is 6.76. The minimum absolute atomic E-state index is 0.0904. The van der Waals surface area contributed by atoms with Gasteiger partial charge in [-0.15, -0.1) is 0 Å². The van der Waals surface area contributed by atoms with Crippen LogP contribution in [-0.2, 0) is 12.7 Å². The van der Waals surface area contributed by atoms with Gasteiger partial charge in [0, 0.05) is 12.5 Å². The summed E-state index contributed by atoms with van der Waals surface area (Å²) in [4.78, 5) is 4.14. The summed E-state index contributed by atoms with van der Waals surface area (Å²) >= 11 is 0. The van der Waals surface area contributed by atoms with Crippen molar-refractivity contribution in [2.45, 2.75) is 25.1 Å². The molecule has 26 heavy (non-hydrogen) atoms. The Bertz CT molecular complexity index is 790. The Morgan fingerprint density at radius 2 is 2.00 bits per heavy atom. The first kappa shape index (κ1) is 18.1. The molecule has 2 aromatic rings. The second kappa shape index (κ2) is 7.68. The Hall–Kier alpha value is -2.70. The fourth-order valence-corrected chi connectivity index (χ4v) is 2.93. The molecule has 7 heteroatoms. The Balaban J connectivity index is 1.58. The van der Waals surface area contributed by atoms with Crippen molar-refractivity contribution in [1.29, 1.82) is 0 Å². The number of alkyl halides is 3. The number of hydrogen-bond donors (Lipinski definition) is 2. The smallest absolute Gasteiger partial charge is 0.416 e. The molecule has 0 bridgehead atoms. The zero-order valence-electron chi connectivity index (χ0n) is 14.1. The number of halogens is 3. The number of nitrogens with zero attached hydrogens (tertiary/aromatic N) is 1. The molecule has 3 rings (SSSR count). The van der Waals surface area contributed by atoms with E-state index in [1.54, 1.807) is 6.07 Å². The van der Waals surface area contributed by atoms with Crippen molar-refractivity contribution in [2.75, 3.05) is 13.2 Å². The number of ether oxygens (including phenoxy) is 1. The molecule has 0 aliphatic carbocycles. The van der Waals surface area contributed by atoms with E-state index < -0.39 is 11.7 Å². The van der Waals surface area contributed by atoms with E-state index >= 15 is 0 Å². The van der Waals surface area contributed by atoms with Crippen molar-refractivity contribution >= 4 is 5.96 Å². The second-order valence-corrected chi connectivity index (χ2v) is 6.15. The van der Waals surface area contributed by atoms with Crippen LogP contribution in [0.4, 0.5) is 13.2 Å². The molecule has 1 aliphatic heterocycles. The van der Waals surface area contributed by atoms with Gasteiger partial charge in [-0.05, 0) is 35.7 Å². The van der Waals surface area contributed by atoms with Crippen LogP contribution in [0.1, 0.15) is 29.0 Å². The van der Waals surface area contributed by atoms with Gasteiger partial charge in [-0.3, -0.25) is 0 Å². The van der Waals surface area contributed by atoms with Gasteiger partial charge in [0.2, 0.25) is 0 Å². The molecule has 138 valence electrons. The lowest BCUT2D eigenvalue weighted by Gasteiger charge is -2.26. The van der Waals surface area contributed by atoms with Gasteiger partial charge in [0.05, 0.1) is 18.7 Å². The zero-order chi connectivity index (χ0) is 18.6. The summed E-state index contributed by atoms with van der Waals surface area (Å²) in [6.07, 6.45) is -3.50. The first-order valence-corrected chi connectivity index (χ1v) is 8.35. The lowest BCUT2D eigenvalue weighted by Crippen LogP contribution is -2.36. The highest BCUT2D eigenvalue weighted by Gasteiger charge is 2.30. The number of nitrogens with one attached hydrogen (secondary N) is 1. The monoisotopic (exact) mass is 363 g/mol. The molecule has 1 heterocycles. The van der Waals surface area contributed by atoms with Gasteiger partial charge in [-0.1, -0.05) is 30.3 Å². The first-order chi connectivity index (χ1) is 12.4. The molecule has 1 aliphatic rings. The van der Waals surface area contributed by atoms with Gasteiger partial charge in [-0.25, -0.2) is 4.99 Å². The first-order valence-electron chi connectivity index (χ1n) is 8.35. The van der Waals surface area contributed by atoms with Crippen LogP contribution >= 0.6 is 0 Å². The summed E-state index contributed by atoms with van der Waals surface area (Å²) < 4.78 is 43.8. The summed E-state index contributed by atoms with van der Waals surface area (Å²) in [6, 6.07) is 13.0. The molecule has 0 fully saturated rings. The van der Waals surface area contributed by atoms with Crippen LogP contribution in [0.5, 0.6) is 5.75 Å². The van der Waals surface area contributed by atoms with Crippen molar-refractivity contribution in [3.05, 3.63) is 65.2 Å². The van der Waals surface area contributed by atoms with E-state index in [0.29, 0.717) is 18.7 Å². The van der Waals surface area contributed by atoms with E-state index in [-0.39, 0.29) is 18.4 Å². The van der Waals surface area contributed by atoms with Crippen LogP contribution in [0.25, 0.3) is 0 Å². The number of guanidine groups is 1. The Morgan fingerprint density at radius 3 is 2.81 bits per heavy atom. The predicted molar refractivity (Wildman–Crippen MR) is 94.1 cm³/mol. The molecule has 0 radical (unpaired) electrons. The Labute approximate surface area is 149 Å². The Kier molecular flexibility index (Phi) is 5.35. The molecule has 4 nitrogen and oxygen atoms in total. The highest BCUT2D eigenvalue weighted by Crippen LogP contribution is 2.32. The van der Waals surface area contributed by atoms with E-state index in [1.165, 1.54) is 6.07 Å². The largest absolute Gasteiger partial charge is 0.493 e. The standard InChI is InChI=1S/C19H20F3N3O/c20-19(21,22)15-5-3-4-13(10-15)11-24-18(23)25-12-14-8-9-26-17-7-2-1-6-16(14)17/h1-7,10,14H,8-9,11-12H2,(H3,23,24,25). The number of aliphatic imine (C=N–C) groups is 1. The summed E-state index contributed by atoms with van der Waals surface area (Å²) in [7, 11) is 0. The molecular formula is C19H20F3N3O. The van der Waals surface area contributed by atoms with Gasteiger partial charge in [-0.2, -0.15) is 13.2 Å². The third-order valence-electron chi connectivity index (χ3n) is 4.30. The van der Waals surface area contributed by atoms with Gasteiger partial charge >= 0.3 is 6.18 Å². The molecule has 1 atom stereocenters. The third kappa shape index (κ3) is 4.47. The molecular weight excluding hydrogens is 343 g/mol. The van der Waals surface area contributed by atoms with Gasteiger partial charge in [0.25, 0.3) is 0 Å². The summed E-state index contributed by atoms with van der Waals surface area (Å²) in [5, 5.41) is 3.06. The van der Waals surface area contributed by atoms with Crippen molar-refractivity contribution in [1.82, 2.24) is 5.32 Å². The topological polar surface area (TPSA) is 59.6 Å². The molecule has 0 aromatic heterocycles. The fraction of sp³-hybridized carbons (Fsp3) is 0.316. The SMILES string of the molecule is NC(=NCc1cccc(C(F)(F)F)c1)NCC1CCOc2ccccc21. The average molecular weight is 363 g/mol. The summed E-state index contributed by atoms with van der Waals surface area (Å²) in [6.45, 7) is 1.33. The molecule has 0 amide bonds. The third-order valence-corrected chi connectivity index (χ3v) is 4.30. The number of para-hydroxylation sites is 1. The molecule has 0 saturated heterocycles. The van der Waals surface area contributed by atoms with Crippen molar-refractivity contribution in [2.24, 2.45) is 10.7 Å². The number of benzene rings is 2. The van der Waals surface area contributed by atoms with Crippen LogP contribution in [0, 0.1) is 0 Å². The zero-order valence-corrected chi connectivity index (χ0v) is 14.1. The average Bonchev–Trinajstić information content (AvgIpc) is 2.64. The second-order valence-electron chi connectivity index (χ2n) is 6.15. The molecule has 0 saturated carbocycles. The van der Waals surface area contributed by atoms with Gasteiger partial charge < -0.3 is 15.8 Å². The van der Waals surface area contributed by atoms with Crippen molar-refractivity contribution < 1.29 is 17.9 Å². The molecule has 3 N–H and O–H groups in total. The maximum atomic E-state index is 12.7. The van der Waals surface area contributed by atoms with E-state index in [0.717, 1.165) is 29.9 Å².